The molecule has 1 aromatic carbocycles. The number of tetrazole rings is 1. The van der Waals surface area contributed by atoms with E-state index in [-0.39, 0.29) is 17.7 Å². The standard InChI is InChI=1S/C26H33N7O3/c1-4-27-25(34)20-10-8-18(9-11-20)16-33-31-24(30-32-33)21-12-17(2)29-23(14-21)26(35)28-15-19-6-5-7-22(13-19)36-3/h5-7,12-14,18,20H,4,8-11,15-16H2,1-3H3,(H,27,34)(H,28,35). The highest BCUT2D eigenvalue weighted by atomic mass is 16.5. The monoisotopic (exact) mass is 491 g/mol. The fraction of sp³-hybridized carbons (Fsp3) is 0.462. The first kappa shape index (κ1) is 25.3. The van der Waals surface area contributed by atoms with E-state index in [2.05, 4.69) is 31.0 Å². The van der Waals surface area contributed by atoms with Crippen LogP contribution in [-0.4, -0.2) is 50.7 Å². The minimum Gasteiger partial charge on any atom is -0.497 e. The normalized spacial score (nSPS) is 17.4. The second kappa shape index (κ2) is 11.7. The Hall–Kier alpha value is -3.82. The maximum absolute atomic E-state index is 12.8. The van der Waals surface area contributed by atoms with E-state index in [1.807, 2.05) is 44.2 Å². The summed E-state index contributed by atoms with van der Waals surface area (Å²) in [5.74, 6) is 1.59. The number of methoxy groups -OCH3 is 1. The Labute approximate surface area is 210 Å². The Morgan fingerprint density at radius 3 is 2.67 bits per heavy atom. The van der Waals surface area contributed by atoms with Gasteiger partial charge in [-0.3, -0.25) is 9.59 Å². The number of nitrogens with zero attached hydrogens (tertiary/aromatic N) is 5. The van der Waals surface area contributed by atoms with Crippen LogP contribution < -0.4 is 15.4 Å². The lowest BCUT2D eigenvalue weighted by Gasteiger charge is -2.27. The summed E-state index contributed by atoms with van der Waals surface area (Å²) in [5, 5.41) is 18.8. The fourth-order valence-electron chi connectivity index (χ4n) is 4.56. The van der Waals surface area contributed by atoms with Gasteiger partial charge in [-0.05, 0) is 80.5 Å². The number of amides is 2. The Balaban J connectivity index is 1.37. The number of aryl methyl sites for hydroxylation is 1. The van der Waals surface area contributed by atoms with Crippen LogP contribution >= 0.6 is 0 Å². The maximum atomic E-state index is 12.8. The molecule has 36 heavy (non-hydrogen) atoms. The van der Waals surface area contributed by atoms with Crippen LogP contribution in [0.4, 0.5) is 0 Å². The Bertz CT molecular complexity index is 1200. The van der Waals surface area contributed by atoms with Crippen molar-refractivity contribution in [1.29, 1.82) is 0 Å². The molecular weight excluding hydrogens is 458 g/mol. The van der Waals surface area contributed by atoms with Crippen LogP contribution in [0.2, 0.25) is 0 Å². The fourth-order valence-corrected chi connectivity index (χ4v) is 4.56. The number of pyridine rings is 1. The Kier molecular flexibility index (Phi) is 8.24. The molecule has 1 fully saturated rings. The molecule has 0 aliphatic heterocycles. The van der Waals surface area contributed by atoms with Gasteiger partial charge in [-0.15, -0.1) is 10.2 Å². The number of hydrogen-bond acceptors (Lipinski definition) is 7. The first-order valence-electron chi connectivity index (χ1n) is 12.4. The zero-order valence-electron chi connectivity index (χ0n) is 21.0. The molecule has 2 aromatic heterocycles. The molecule has 0 unspecified atom stereocenters. The summed E-state index contributed by atoms with van der Waals surface area (Å²) in [4.78, 5) is 30.9. The number of rotatable bonds is 9. The van der Waals surface area contributed by atoms with Crippen molar-refractivity contribution in [3.8, 4) is 17.1 Å². The topological polar surface area (TPSA) is 124 Å². The highest BCUT2D eigenvalue weighted by molar-refractivity contribution is 5.93. The molecule has 190 valence electrons. The maximum Gasteiger partial charge on any atom is 0.270 e. The SMILES string of the molecule is CCNC(=O)C1CCC(Cn2nnc(-c3cc(C)nc(C(=O)NCc4cccc(OC)c4)c3)n2)CC1. The van der Waals surface area contributed by atoms with E-state index in [1.54, 1.807) is 18.0 Å². The smallest absolute Gasteiger partial charge is 0.270 e. The van der Waals surface area contributed by atoms with Crippen LogP contribution in [0, 0.1) is 18.8 Å². The summed E-state index contributed by atoms with van der Waals surface area (Å²) in [5.41, 5.74) is 2.62. The minimum atomic E-state index is -0.279. The number of carbonyl (C=O) groups is 2. The van der Waals surface area contributed by atoms with Gasteiger partial charge in [-0.25, -0.2) is 4.98 Å². The zero-order chi connectivity index (χ0) is 25.5. The minimum absolute atomic E-state index is 0.105. The van der Waals surface area contributed by atoms with Gasteiger partial charge >= 0.3 is 0 Å². The summed E-state index contributed by atoms with van der Waals surface area (Å²) in [6, 6.07) is 11.1. The van der Waals surface area contributed by atoms with Gasteiger partial charge in [-0.1, -0.05) is 12.1 Å². The molecule has 2 heterocycles. The van der Waals surface area contributed by atoms with Crippen molar-refractivity contribution in [3.63, 3.8) is 0 Å². The Morgan fingerprint density at radius 1 is 1.11 bits per heavy atom. The van der Waals surface area contributed by atoms with Crippen LogP contribution in [-0.2, 0) is 17.9 Å². The van der Waals surface area contributed by atoms with Gasteiger partial charge in [0.1, 0.15) is 11.4 Å². The van der Waals surface area contributed by atoms with Crippen molar-refractivity contribution in [2.24, 2.45) is 11.8 Å². The summed E-state index contributed by atoms with van der Waals surface area (Å²) >= 11 is 0. The van der Waals surface area contributed by atoms with Crippen LogP contribution in [0.5, 0.6) is 5.75 Å². The lowest BCUT2D eigenvalue weighted by molar-refractivity contribution is -0.126. The first-order valence-corrected chi connectivity index (χ1v) is 12.4. The molecule has 0 saturated heterocycles. The van der Waals surface area contributed by atoms with Gasteiger partial charge in [0.15, 0.2) is 0 Å². The lowest BCUT2D eigenvalue weighted by Crippen LogP contribution is -2.33. The lowest BCUT2D eigenvalue weighted by atomic mass is 9.81. The molecule has 0 bridgehead atoms. The zero-order valence-corrected chi connectivity index (χ0v) is 21.0. The van der Waals surface area contributed by atoms with Crippen molar-refractivity contribution in [2.45, 2.75) is 52.6 Å². The predicted molar refractivity (Wildman–Crippen MR) is 134 cm³/mol. The van der Waals surface area contributed by atoms with Gasteiger partial charge in [-0.2, -0.15) is 4.80 Å². The van der Waals surface area contributed by atoms with Crippen LogP contribution in [0.25, 0.3) is 11.4 Å². The summed E-state index contributed by atoms with van der Waals surface area (Å²) in [6.07, 6.45) is 3.70. The second-order valence-corrected chi connectivity index (χ2v) is 9.20. The molecule has 0 spiro atoms. The summed E-state index contributed by atoms with van der Waals surface area (Å²) < 4.78 is 5.24. The van der Waals surface area contributed by atoms with Gasteiger partial charge in [0, 0.05) is 30.3 Å². The first-order chi connectivity index (χ1) is 17.4. The van der Waals surface area contributed by atoms with Crippen LogP contribution in [0.1, 0.15) is 54.4 Å². The van der Waals surface area contributed by atoms with E-state index in [0.29, 0.717) is 48.3 Å². The van der Waals surface area contributed by atoms with E-state index < -0.39 is 0 Å². The van der Waals surface area contributed by atoms with Crippen LogP contribution in [0.3, 0.4) is 0 Å². The number of aromatic nitrogens is 5. The number of hydrogen-bond donors (Lipinski definition) is 2. The summed E-state index contributed by atoms with van der Waals surface area (Å²) in [6.45, 7) is 5.47. The van der Waals surface area contributed by atoms with Gasteiger partial charge in [0.25, 0.3) is 5.91 Å². The molecule has 10 nitrogen and oxygen atoms in total. The quantitative estimate of drug-likeness (QED) is 0.472. The molecule has 0 atom stereocenters. The van der Waals surface area contributed by atoms with E-state index in [0.717, 1.165) is 37.0 Å². The third kappa shape index (κ3) is 6.44. The number of ether oxygens (including phenoxy) is 1. The van der Waals surface area contributed by atoms with E-state index in [1.165, 1.54) is 0 Å². The third-order valence-corrected chi connectivity index (χ3v) is 6.47. The second-order valence-electron chi connectivity index (χ2n) is 9.20. The molecule has 0 radical (unpaired) electrons. The molecule has 4 rings (SSSR count). The van der Waals surface area contributed by atoms with Gasteiger partial charge in [0.2, 0.25) is 11.7 Å². The average Bonchev–Trinajstić information content (AvgIpc) is 3.36. The van der Waals surface area contributed by atoms with E-state index in [4.69, 9.17) is 4.74 Å². The molecular formula is C26H33N7O3. The van der Waals surface area contributed by atoms with E-state index in [9.17, 15) is 9.59 Å². The van der Waals surface area contributed by atoms with Crippen molar-refractivity contribution < 1.29 is 14.3 Å². The number of benzene rings is 1. The van der Waals surface area contributed by atoms with Crippen molar-refractivity contribution in [3.05, 3.63) is 53.3 Å². The molecule has 2 amide bonds. The van der Waals surface area contributed by atoms with Crippen molar-refractivity contribution in [1.82, 2.24) is 35.8 Å². The van der Waals surface area contributed by atoms with Crippen molar-refractivity contribution >= 4 is 11.8 Å². The highest BCUT2D eigenvalue weighted by Gasteiger charge is 2.26. The molecule has 1 aliphatic rings. The van der Waals surface area contributed by atoms with E-state index >= 15 is 0 Å². The third-order valence-electron chi connectivity index (χ3n) is 6.47. The van der Waals surface area contributed by atoms with Crippen LogP contribution in [0.15, 0.2) is 36.4 Å². The summed E-state index contributed by atoms with van der Waals surface area (Å²) in [7, 11) is 1.61. The molecule has 1 saturated carbocycles. The average molecular weight is 492 g/mol. The molecule has 3 aromatic rings. The van der Waals surface area contributed by atoms with Crippen molar-refractivity contribution in [2.75, 3.05) is 13.7 Å². The largest absolute Gasteiger partial charge is 0.497 e. The molecule has 2 N–H and O–H groups in total. The van der Waals surface area contributed by atoms with Gasteiger partial charge in [0.05, 0.1) is 13.7 Å². The highest BCUT2D eigenvalue weighted by Crippen LogP contribution is 2.30. The predicted octanol–water partition coefficient (Wildman–Crippen LogP) is 2.92. The molecule has 1 aliphatic carbocycles. The Morgan fingerprint density at radius 2 is 1.92 bits per heavy atom. The number of nitrogens with one attached hydrogen (secondary N) is 2. The van der Waals surface area contributed by atoms with Gasteiger partial charge < -0.3 is 15.4 Å². The molecule has 10 heteroatoms. The number of carbonyl (C=O) groups excluding carboxylic acids is 2.